The summed E-state index contributed by atoms with van der Waals surface area (Å²) in [4.78, 5) is 11.1. The van der Waals surface area contributed by atoms with Crippen LogP contribution in [-0.4, -0.2) is 11.5 Å². The van der Waals surface area contributed by atoms with Gasteiger partial charge in [-0.05, 0) is 26.7 Å². The number of carbonyl (C=O) groups excluding carboxylic acids is 1. The van der Waals surface area contributed by atoms with Gasteiger partial charge in [-0.3, -0.25) is 4.79 Å². The summed E-state index contributed by atoms with van der Waals surface area (Å²) in [6.45, 7) is 2.68. The highest BCUT2D eigenvalue weighted by molar-refractivity contribution is 5.89. The van der Waals surface area contributed by atoms with Crippen molar-refractivity contribution in [2.24, 2.45) is 5.92 Å². The summed E-state index contributed by atoms with van der Waals surface area (Å²) in [7, 11) is 0. The van der Waals surface area contributed by atoms with Crippen molar-refractivity contribution in [3.63, 3.8) is 0 Å². The molecule has 1 rings (SSSR count). The van der Waals surface area contributed by atoms with Crippen LogP contribution < -0.4 is 0 Å². The fourth-order valence-corrected chi connectivity index (χ4v) is 1.16. The topological polar surface area (TPSA) is 17.1 Å². The van der Waals surface area contributed by atoms with Gasteiger partial charge in [-0.2, -0.15) is 0 Å². The van der Waals surface area contributed by atoms with Gasteiger partial charge >= 0.3 is 0 Å². The Kier molecular flexibility index (Phi) is 1.80. The first kappa shape index (κ1) is 7.70. The number of ketones is 1. The monoisotopic (exact) mass is 144 g/mol. The number of hydrogen-bond donors (Lipinski definition) is 0. The Balaban J connectivity index is 2.48. The first-order valence-electron chi connectivity index (χ1n) is 3.75. The molecule has 0 aromatic carbocycles. The van der Waals surface area contributed by atoms with Gasteiger partial charge in [0, 0.05) is 5.92 Å². The van der Waals surface area contributed by atoms with E-state index in [4.69, 9.17) is 0 Å². The van der Waals surface area contributed by atoms with E-state index in [1.807, 2.05) is 0 Å². The van der Waals surface area contributed by atoms with E-state index in [2.05, 4.69) is 0 Å². The predicted molar refractivity (Wildman–Crippen MR) is 37.5 cm³/mol. The SMILES string of the molecule is CC(C)(F)C(=O)C1CCC1. The van der Waals surface area contributed by atoms with Gasteiger partial charge in [0.25, 0.3) is 0 Å². The molecule has 0 heterocycles. The molecule has 1 aliphatic rings. The van der Waals surface area contributed by atoms with E-state index in [1.54, 1.807) is 0 Å². The second-order valence-corrected chi connectivity index (χ2v) is 3.46. The third kappa shape index (κ3) is 1.36. The molecule has 0 saturated heterocycles. The van der Waals surface area contributed by atoms with Crippen molar-refractivity contribution >= 4 is 5.78 Å². The molecular formula is C8H13FO. The minimum Gasteiger partial charge on any atom is -0.296 e. The Morgan fingerprint density at radius 2 is 2.00 bits per heavy atom. The third-order valence-electron chi connectivity index (χ3n) is 2.06. The zero-order valence-electron chi connectivity index (χ0n) is 6.48. The first-order valence-corrected chi connectivity index (χ1v) is 3.75. The molecule has 0 aromatic rings. The number of rotatable bonds is 2. The zero-order chi connectivity index (χ0) is 7.78. The van der Waals surface area contributed by atoms with Gasteiger partial charge in [-0.15, -0.1) is 0 Å². The van der Waals surface area contributed by atoms with E-state index >= 15 is 0 Å². The lowest BCUT2D eigenvalue weighted by Crippen LogP contribution is -2.36. The lowest BCUT2D eigenvalue weighted by molar-refractivity contribution is -0.135. The predicted octanol–water partition coefficient (Wildman–Crippen LogP) is 2.10. The second-order valence-electron chi connectivity index (χ2n) is 3.46. The van der Waals surface area contributed by atoms with Gasteiger partial charge in [0.2, 0.25) is 0 Å². The molecule has 58 valence electrons. The van der Waals surface area contributed by atoms with Crippen LogP contribution in [0.5, 0.6) is 0 Å². The molecule has 1 nitrogen and oxygen atoms in total. The van der Waals surface area contributed by atoms with Crippen molar-refractivity contribution in [2.45, 2.75) is 38.8 Å². The highest BCUT2D eigenvalue weighted by atomic mass is 19.1. The van der Waals surface area contributed by atoms with E-state index in [-0.39, 0.29) is 11.7 Å². The van der Waals surface area contributed by atoms with Crippen molar-refractivity contribution in [3.05, 3.63) is 0 Å². The van der Waals surface area contributed by atoms with E-state index in [1.165, 1.54) is 13.8 Å². The second kappa shape index (κ2) is 2.33. The van der Waals surface area contributed by atoms with E-state index in [9.17, 15) is 9.18 Å². The molecule has 0 spiro atoms. The number of hydrogen-bond acceptors (Lipinski definition) is 1. The van der Waals surface area contributed by atoms with Gasteiger partial charge in [-0.1, -0.05) is 6.42 Å². The molecule has 0 atom stereocenters. The van der Waals surface area contributed by atoms with Crippen LogP contribution in [0.3, 0.4) is 0 Å². The molecule has 0 amide bonds. The Morgan fingerprint density at radius 1 is 1.50 bits per heavy atom. The maximum Gasteiger partial charge on any atom is 0.172 e. The average Bonchev–Trinajstić information content (AvgIpc) is 1.57. The van der Waals surface area contributed by atoms with Crippen molar-refractivity contribution in [1.29, 1.82) is 0 Å². The quantitative estimate of drug-likeness (QED) is 0.580. The fourth-order valence-electron chi connectivity index (χ4n) is 1.16. The van der Waals surface area contributed by atoms with Crippen LogP contribution in [0.15, 0.2) is 0 Å². The van der Waals surface area contributed by atoms with Gasteiger partial charge in [-0.25, -0.2) is 4.39 Å². The Morgan fingerprint density at radius 3 is 2.10 bits per heavy atom. The van der Waals surface area contributed by atoms with Gasteiger partial charge in [0.15, 0.2) is 11.5 Å². The molecule has 10 heavy (non-hydrogen) atoms. The van der Waals surface area contributed by atoms with Crippen LogP contribution in [0.4, 0.5) is 4.39 Å². The van der Waals surface area contributed by atoms with Crippen LogP contribution in [0, 0.1) is 5.92 Å². The Hall–Kier alpha value is -0.400. The standard InChI is InChI=1S/C8H13FO/c1-8(2,9)7(10)6-4-3-5-6/h6H,3-5H2,1-2H3. The molecule has 0 radical (unpaired) electrons. The Bertz CT molecular complexity index is 142. The summed E-state index contributed by atoms with van der Waals surface area (Å²) in [6, 6.07) is 0. The summed E-state index contributed by atoms with van der Waals surface area (Å²) in [5, 5.41) is 0. The number of alkyl halides is 1. The molecule has 0 N–H and O–H groups in total. The van der Waals surface area contributed by atoms with Crippen molar-refractivity contribution in [1.82, 2.24) is 0 Å². The minimum absolute atomic E-state index is 0.0278. The molecule has 1 fully saturated rings. The number of Topliss-reactive ketones (excluding diaryl/α,β-unsaturated/α-hetero) is 1. The molecule has 1 saturated carbocycles. The highest BCUT2D eigenvalue weighted by Gasteiger charge is 2.36. The van der Waals surface area contributed by atoms with Crippen LogP contribution in [0.2, 0.25) is 0 Å². The molecule has 0 unspecified atom stereocenters. The highest BCUT2D eigenvalue weighted by Crippen LogP contribution is 2.31. The molecular weight excluding hydrogens is 131 g/mol. The zero-order valence-corrected chi connectivity index (χ0v) is 6.48. The van der Waals surface area contributed by atoms with Crippen LogP contribution in [0.1, 0.15) is 33.1 Å². The van der Waals surface area contributed by atoms with E-state index in [0.717, 1.165) is 19.3 Å². The van der Waals surface area contributed by atoms with Gasteiger partial charge in [0.1, 0.15) is 0 Å². The fraction of sp³-hybridized carbons (Fsp3) is 0.875. The van der Waals surface area contributed by atoms with E-state index < -0.39 is 5.67 Å². The normalized spacial score (nSPS) is 20.3. The largest absolute Gasteiger partial charge is 0.296 e. The van der Waals surface area contributed by atoms with Gasteiger partial charge < -0.3 is 0 Å². The van der Waals surface area contributed by atoms with Crippen LogP contribution in [-0.2, 0) is 4.79 Å². The number of halogens is 1. The average molecular weight is 144 g/mol. The molecule has 1 aliphatic carbocycles. The summed E-state index contributed by atoms with van der Waals surface area (Å²) in [5.41, 5.74) is -1.61. The lowest BCUT2D eigenvalue weighted by atomic mass is 9.78. The maximum atomic E-state index is 12.9. The summed E-state index contributed by atoms with van der Waals surface area (Å²) in [6.07, 6.45) is 2.88. The first-order chi connectivity index (χ1) is 4.52. The third-order valence-corrected chi connectivity index (χ3v) is 2.06. The van der Waals surface area contributed by atoms with Crippen molar-refractivity contribution in [2.75, 3.05) is 0 Å². The minimum atomic E-state index is -1.61. The molecule has 0 aliphatic heterocycles. The van der Waals surface area contributed by atoms with Crippen molar-refractivity contribution < 1.29 is 9.18 Å². The van der Waals surface area contributed by atoms with Crippen molar-refractivity contribution in [3.8, 4) is 0 Å². The summed E-state index contributed by atoms with van der Waals surface area (Å²) in [5.74, 6) is -0.182. The molecule has 0 bridgehead atoms. The summed E-state index contributed by atoms with van der Waals surface area (Å²) < 4.78 is 12.9. The maximum absolute atomic E-state index is 12.9. The lowest BCUT2D eigenvalue weighted by Gasteiger charge is -2.27. The van der Waals surface area contributed by atoms with Gasteiger partial charge in [0.05, 0.1) is 0 Å². The molecule has 2 heteroatoms. The Labute approximate surface area is 60.6 Å². The van der Waals surface area contributed by atoms with Crippen LogP contribution >= 0.6 is 0 Å². The summed E-state index contributed by atoms with van der Waals surface area (Å²) >= 11 is 0. The van der Waals surface area contributed by atoms with E-state index in [0.29, 0.717) is 0 Å². The van der Waals surface area contributed by atoms with Crippen LogP contribution in [0.25, 0.3) is 0 Å². The number of carbonyl (C=O) groups is 1. The smallest absolute Gasteiger partial charge is 0.172 e. The molecule has 0 aromatic heterocycles.